The summed E-state index contributed by atoms with van der Waals surface area (Å²) < 4.78 is 12.9. The average molecular weight is 469 g/mol. The molecular formula is C31H32O4. The van der Waals surface area contributed by atoms with E-state index in [0.717, 1.165) is 30.6 Å². The van der Waals surface area contributed by atoms with Gasteiger partial charge in [-0.05, 0) is 58.2 Å². The molecule has 0 saturated heterocycles. The predicted molar refractivity (Wildman–Crippen MR) is 138 cm³/mol. The van der Waals surface area contributed by atoms with E-state index in [2.05, 4.69) is 32.9 Å². The number of phenolic OH excluding ortho intramolecular Hbond substituents is 1. The van der Waals surface area contributed by atoms with E-state index in [9.17, 15) is 9.90 Å². The molecule has 0 aliphatic carbocycles. The molecule has 0 fully saturated rings. The van der Waals surface area contributed by atoms with Crippen LogP contribution in [0.25, 0.3) is 0 Å². The van der Waals surface area contributed by atoms with Crippen LogP contribution in [-0.2, 0) is 0 Å². The highest BCUT2D eigenvalue weighted by Gasteiger charge is 2.51. The molecule has 0 bridgehead atoms. The van der Waals surface area contributed by atoms with E-state index in [1.807, 2.05) is 42.5 Å². The second kappa shape index (κ2) is 9.26. The van der Waals surface area contributed by atoms with Crippen LogP contribution in [0, 0.1) is 5.92 Å². The summed E-state index contributed by atoms with van der Waals surface area (Å²) in [6.45, 7) is 6.90. The maximum absolute atomic E-state index is 13.3. The first kappa shape index (κ1) is 23.2. The third kappa shape index (κ3) is 4.22. The summed E-state index contributed by atoms with van der Waals surface area (Å²) in [4.78, 5) is 13.3. The van der Waals surface area contributed by atoms with E-state index in [1.54, 1.807) is 18.2 Å². The van der Waals surface area contributed by atoms with Gasteiger partial charge < -0.3 is 14.6 Å². The van der Waals surface area contributed by atoms with Crippen LogP contribution >= 0.6 is 0 Å². The molecule has 5 rings (SSSR count). The van der Waals surface area contributed by atoms with Crippen LogP contribution in [0.5, 0.6) is 17.2 Å². The standard InChI is InChI=1S/C31H32O4/c1-20(2)11-9-10-18-31(3)24-19-34-25-15-8-7-14-22(25)27(24)28-26(35-31)17-16-23(30(28)33)29(32)21-12-5-4-6-13-21/h4-8,11-17,24,27,33H,9-10,18-19H2,1-3H3/t24-,27+,31?/m1/s1. The van der Waals surface area contributed by atoms with Gasteiger partial charge >= 0.3 is 0 Å². The third-order valence-corrected chi connectivity index (χ3v) is 7.40. The first-order valence-corrected chi connectivity index (χ1v) is 12.4. The first-order chi connectivity index (χ1) is 16.9. The fourth-order valence-corrected chi connectivity index (χ4v) is 5.56. The number of unbranched alkanes of at least 4 members (excludes halogenated alkanes) is 1. The molecule has 0 spiro atoms. The molecule has 3 atom stereocenters. The maximum Gasteiger partial charge on any atom is 0.196 e. The van der Waals surface area contributed by atoms with Gasteiger partial charge in [-0.3, -0.25) is 4.79 Å². The summed E-state index contributed by atoms with van der Waals surface area (Å²) >= 11 is 0. The maximum atomic E-state index is 13.3. The van der Waals surface area contributed by atoms with Crippen molar-refractivity contribution in [2.45, 2.75) is 51.6 Å². The fraction of sp³-hybridized carbons (Fsp3) is 0.323. The van der Waals surface area contributed by atoms with Gasteiger partial charge in [0.15, 0.2) is 5.78 Å². The molecule has 4 heteroatoms. The van der Waals surface area contributed by atoms with Gasteiger partial charge in [-0.1, -0.05) is 60.2 Å². The second-order valence-electron chi connectivity index (χ2n) is 10.1. The normalized spacial score (nSPS) is 22.0. The topological polar surface area (TPSA) is 55.8 Å². The quantitative estimate of drug-likeness (QED) is 0.239. The minimum absolute atomic E-state index is 0.00424. The summed E-state index contributed by atoms with van der Waals surface area (Å²) in [6.07, 6.45) is 5.13. The molecule has 1 N–H and O–H groups in total. The van der Waals surface area contributed by atoms with Crippen molar-refractivity contribution in [3.05, 3.63) is 101 Å². The highest BCUT2D eigenvalue weighted by atomic mass is 16.5. The number of hydrogen-bond donors (Lipinski definition) is 1. The molecule has 180 valence electrons. The van der Waals surface area contributed by atoms with Gasteiger partial charge in [0.25, 0.3) is 0 Å². The van der Waals surface area contributed by atoms with Crippen molar-refractivity contribution in [1.29, 1.82) is 0 Å². The Hall–Kier alpha value is -3.53. The van der Waals surface area contributed by atoms with E-state index in [1.165, 1.54) is 5.57 Å². The molecule has 2 aliphatic rings. The number of allylic oxidation sites excluding steroid dienone is 2. The van der Waals surface area contributed by atoms with Crippen LogP contribution < -0.4 is 9.47 Å². The molecule has 0 saturated carbocycles. The number of rotatable bonds is 6. The molecule has 1 unspecified atom stereocenters. The van der Waals surface area contributed by atoms with Gasteiger partial charge in [-0.2, -0.15) is 0 Å². The molecule has 2 heterocycles. The van der Waals surface area contributed by atoms with Crippen LogP contribution in [0.2, 0.25) is 0 Å². The molecule has 0 amide bonds. The summed E-state index contributed by atoms with van der Waals surface area (Å²) in [6, 6.07) is 20.6. The monoisotopic (exact) mass is 468 g/mol. The van der Waals surface area contributed by atoms with E-state index >= 15 is 0 Å². The Morgan fingerprint density at radius 1 is 1.03 bits per heavy atom. The van der Waals surface area contributed by atoms with E-state index in [-0.39, 0.29) is 23.4 Å². The Bertz CT molecular complexity index is 1270. The molecule has 0 aromatic heterocycles. The lowest BCUT2D eigenvalue weighted by molar-refractivity contribution is -0.0357. The minimum atomic E-state index is -0.460. The van der Waals surface area contributed by atoms with Gasteiger partial charge in [-0.15, -0.1) is 0 Å². The van der Waals surface area contributed by atoms with Crippen molar-refractivity contribution >= 4 is 5.78 Å². The number of hydrogen-bond acceptors (Lipinski definition) is 4. The van der Waals surface area contributed by atoms with Crippen molar-refractivity contribution in [2.24, 2.45) is 5.92 Å². The number of para-hydroxylation sites is 1. The Morgan fingerprint density at radius 3 is 2.54 bits per heavy atom. The summed E-state index contributed by atoms with van der Waals surface area (Å²) in [5, 5.41) is 11.5. The Morgan fingerprint density at radius 2 is 1.77 bits per heavy atom. The van der Waals surface area contributed by atoms with Gasteiger partial charge in [0.2, 0.25) is 0 Å². The highest BCUT2D eigenvalue weighted by molar-refractivity contribution is 6.11. The second-order valence-corrected chi connectivity index (χ2v) is 10.1. The zero-order chi connectivity index (χ0) is 24.6. The lowest BCUT2D eigenvalue weighted by Crippen LogP contribution is -2.51. The zero-order valence-electron chi connectivity index (χ0n) is 20.6. The van der Waals surface area contributed by atoms with Crippen molar-refractivity contribution < 1.29 is 19.4 Å². The van der Waals surface area contributed by atoms with Crippen LogP contribution in [0.3, 0.4) is 0 Å². The van der Waals surface area contributed by atoms with Gasteiger partial charge in [0.1, 0.15) is 22.8 Å². The Labute approximate surface area is 207 Å². The molecule has 0 radical (unpaired) electrons. The Kier molecular flexibility index (Phi) is 6.14. The molecule has 4 nitrogen and oxygen atoms in total. The lowest BCUT2D eigenvalue weighted by Gasteiger charge is -2.49. The fourth-order valence-electron chi connectivity index (χ4n) is 5.56. The van der Waals surface area contributed by atoms with Crippen LogP contribution in [0.1, 0.15) is 73.0 Å². The minimum Gasteiger partial charge on any atom is -0.507 e. The summed E-state index contributed by atoms with van der Waals surface area (Å²) in [7, 11) is 0. The smallest absolute Gasteiger partial charge is 0.196 e. The van der Waals surface area contributed by atoms with Crippen LogP contribution in [-0.4, -0.2) is 23.1 Å². The number of ether oxygens (including phenoxy) is 2. The highest BCUT2D eigenvalue weighted by Crippen LogP contribution is 2.56. The van der Waals surface area contributed by atoms with Crippen molar-refractivity contribution in [3.63, 3.8) is 0 Å². The number of benzene rings is 3. The van der Waals surface area contributed by atoms with Gasteiger partial charge in [-0.25, -0.2) is 0 Å². The van der Waals surface area contributed by atoms with Crippen LogP contribution in [0.4, 0.5) is 0 Å². The average Bonchev–Trinajstić information content (AvgIpc) is 2.86. The number of carbonyl (C=O) groups excluding carboxylic acids is 1. The largest absolute Gasteiger partial charge is 0.507 e. The van der Waals surface area contributed by atoms with Gasteiger partial charge in [0, 0.05) is 28.5 Å². The molecular weight excluding hydrogens is 436 g/mol. The van der Waals surface area contributed by atoms with E-state index in [0.29, 0.717) is 29.0 Å². The zero-order valence-corrected chi connectivity index (χ0v) is 20.6. The van der Waals surface area contributed by atoms with E-state index in [4.69, 9.17) is 9.47 Å². The van der Waals surface area contributed by atoms with Crippen LogP contribution in [0.15, 0.2) is 78.4 Å². The van der Waals surface area contributed by atoms with Crippen molar-refractivity contribution in [3.8, 4) is 17.2 Å². The van der Waals surface area contributed by atoms with E-state index < -0.39 is 5.60 Å². The van der Waals surface area contributed by atoms with Crippen molar-refractivity contribution in [2.75, 3.05) is 6.61 Å². The molecule has 2 aliphatic heterocycles. The Balaban J connectivity index is 1.60. The summed E-state index contributed by atoms with van der Waals surface area (Å²) in [5.41, 5.74) is 3.43. The molecule has 3 aromatic rings. The third-order valence-electron chi connectivity index (χ3n) is 7.40. The number of ketones is 1. The van der Waals surface area contributed by atoms with Crippen molar-refractivity contribution in [1.82, 2.24) is 0 Å². The number of phenols is 1. The first-order valence-electron chi connectivity index (χ1n) is 12.4. The summed E-state index contributed by atoms with van der Waals surface area (Å²) in [5.74, 6) is 1.17. The predicted octanol–water partition coefficient (Wildman–Crippen LogP) is 7.05. The number of aromatic hydroxyl groups is 1. The molecule has 35 heavy (non-hydrogen) atoms. The number of fused-ring (bicyclic) bond motifs is 5. The SMILES string of the molecule is CC(C)=CCCCC1(C)Oc2ccc(C(=O)c3ccccc3)c(O)c2[C@H]2c3ccccc3OC[C@H]21. The van der Waals surface area contributed by atoms with Gasteiger partial charge in [0.05, 0.1) is 12.2 Å². The lowest BCUT2D eigenvalue weighted by atomic mass is 9.67. The number of carbonyl (C=O) groups is 1. The molecule has 3 aromatic carbocycles.